The molecule has 3 nitrogen and oxygen atoms in total. The van der Waals surface area contributed by atoms with Crippen LogP contribution < -0.4 is 10.6 Å². The van der Waals surface area contributed by atoms with Crippen LogP contribution in [0, 0.1) is 24.7 Å². The van der Waals surface area contributed by atoms with Gasteiger partial charge in [-0.3, -0.25) is 4.79 Å². The number of amides is 1. The zero-order chi connectivity index (χ0) is 13.9. The standard InChI is InChI=1S/C17H24N2O/c1-12-2-8-15(9-3-12)19-17(20)11-18-10-16(13-4-5-13)14-6-7-14/h2-3,8-9,13-14,16,18H,4-7,10-11H2,1H3,(H,19,20). The quantitative estimate of drug-likeness (QED) is 0.801. The third kappa shape index (κ3) is 3.83. The van der Waals surface area contributed by atoms with Crippen molar-refractivity contribution in [1.82, 2.24) is 5.32 Å². The van der Waals surface area contributed by atoms with Crippen LogP contribution in [0.15, 0.2) is 24.3 Å². The first-order valence-electron chi connectivity index (χ1n) is 7.79. The van der Waals surface area contributed by atoms with Crippen molar-refractivity contribution in [3.8, 4) is 0 Å². The number of carbonyl (C=O) groups is 1. The molecule has 0 unspecified atom stereocenters. The van der Waals surface area contributed by atoms with Gasteiger partial charge in [0.2, 0.25) is 5.91 Å². The van der Waals surface area contributed by atoms with E-state index in [9.17, 15) is 4.79 Å². The van der Waals surface area contributed by atoms with Crippen LogP contribution in [-0.2, 0) is 4.79 Å². The summed E-state index contributed by atoms with van der Waals surface area (Å²) in [5.41, 5.74) is 2.08. The first-order chi connectivity index (χ1) is 9.72. The van der Waals surface area contributed by atoms with Crippen molar-refractivity contribution in [3.05, 3.63) is 29.8 Å². The minimum atomic E-state index is 0.0548. The maximum Gasteiger partial charge on any atom is 0.238 e. The van der Waals surface area contributed by atoms with Gasteiger partial charge in [0, 0.05) is 5.69 Å². The van der Waals surface area contributed by atoms with E-state index in [4.69, 9.17) is 0 Å². The molecule has 0 atom stereocenters. The van der Waals surface area contributed by atoms with E-state index in [0.717, 1.165) is 30.0 Å². The summed E-state index contributed by atoms with van der Waals surface area (Å²) in [6.45, 7) is 3.48. The molecular formula is C17H24N2O. The monoisotopic (exact) mass is 272 g/mol. The van der Waals surface area contributed by atoms with Gasteiger partial charge in [-0.25, -0.2) is 0 Å². The number of aryl methyl sites for hydroxylation is 1. The SMILES string of the molecule is Cc1ccc(NC(=O)CNCC(C2CC2)C2CC2)cc1. The van der Waals surface area contributed by atoms with Gasteiger partial charge in [0.25, 0.3) is 0 Å². The second-order valence-corrected chi connectivity index (χ2v) is 6.38. The van der Waals surface area contributed by atoms with Crippen molar-refractivity contribution < 1.29 is 4.79 Å². The Morgan fingerprint density at radius 3 is 2.30 bits per heavy atom. The largest absolute Gasteiger partial charge is 0.325 e. The van der Waals surface area contributed by atoms with Gasteiger partial charge < -0.3 is 10.6 Å². The highest BCUT2D eigenvalue weighted by molar-refractivity contribution is 5.92. The minimum Gasteiger partial charge on any atom is -0.325 e. The number of hydrogen-bond donors (Lipinski definition) is 2. The zero-order valence-electron chi connectivity index (χ0n) is 12.2. The zero-order valence-corrected chi connectivity index (χ0v) is 12.2. The highest BCUT2D eigenvalue weighted by Crippen LogP contribution is 2.48. The molecule has 1 aromatic carbocycles. The van der Waals surface area contributed by atoms with Crippen molar-refractivity contribution in [1.29, 1.82) is 0 Å². The molecule has 3 rings (SSSR count). The van der Waals surface area contributed by atoms with E-state index in [1.807, 2.05) is 31.2 Å². The van der Waals surface area contributed by atoms with Crippen molar-refractivity contribution in [2.45, 2.75) is 32.6 Å². The van der Waals surface area contributed by atoms with Gasteiger partial charge in [0.05, 0.1) is 6.54 Å². The smallest absolute Gasteiger partial charge is 0.238 e. The van der Waals surface area contributed by atoms with E-state index < -0.39 is 0 Å². The first-order valence-corrected chi connectivity index (χ1v) is 7.79. The second kappa shape index (κ2) is 5.96. The molecule has 108 valence electrons. The predicted molar refractivity (Wildman–Crippen MR) is 81.6 cm³/mol. The molecule has 0 radical (unpaired) electrons. The Balaban J connectivity index is 1.39. The molecule has 2 aliphatic carbocycles. The molecule has 3 heteroatoms. The molecule has 2 N–H and O–H groups in total. The van der Waals surface area contributed by atoms with E-state index in [-0.39, 0.29) is 5.91 Å². The van der Waals surface area contributed by atoms with Crippen LogP contribution >= 0.6 is 0 Å². The molecular weight excluding hydrogens is 248 g/mol. The van der Waals surface area contributed by atoms with Crippen molar-refractivity contribution >= 4 is 11.6 Å². The Labute approximate surface area is 121 Å². The minimum absolute atomic E-state index is 0.0548. The van der Waals surface area contributed by atoms with Crippen LogP contribution in [0.4, 0.5) is 5.69 Å². The fraction of sp³-hybridized carbons (Fsp3) is 0.588. The van der Waals surface area contributed by atoms with Gasteiger partial charge in [-0.05, 0) is 69.0 Å². The lowest BCUT2D eigenvalue weighted by Crippen LogP contribution is -2.33. The van der Waals surface area contributed by atoms with E-state index in [0.29, 0.717) is 6.54 Å². The molecule has 0 spiro atoms. The molecule has 0 bridgehead atoms. The van der Waals surface area contributed by atoms with E-state index in [2.05, 4.69) is 10.6 Å². The van der Waals surface area contributed by atoms with Gasteiger partial charge in [0.15, 0.2) is 0 Å². The number of benzene rings is 1. The molecule has 0 aromatic heterocycles. The summed E-state index contributed by atoms with van der Waals surface area (Å²) in [7, 11) is 0. The van der Waals surface area contributed by atoms with Crippen LogP contribution in [0.2, 0.25) is 0 Å². The lowest BCUT2D eigenvalue weighted by molar-refractivity contribution is -0.115. The Bertz CT molecular complexity index is 448. The average Bonchev–Trinajstić information content (AvgIpc) is 3.29. The van der Waals surface area contributed by atoms with E-state index >= 15 is 0 Å². The molecule has 2 saturated carbocycles. The van der Waals surface area contributed by atoms with Gasteiger partial charge in [-0.2, -0.15) is 0 Å². The highest BCUT2D eigenvalue weighted by Gasteiger charge is 2.40. The molecule has 0 aliphatic heterocycles. The molecule has 2 fully saturated rings. The van der Waals surface area contributed by atoms with Gasteiger partial charge in [0.1, 0.15) is 0 Å². The number of hydrogen-bond acceptors (Lipinski definition) is 2. The van der Waals surface area contributed by atoms with Crippen molar-refractivity contribution in [2.75, 3.05) is 18.4 Å². The fourth-order valence-electron chi connectivity index (χ4n) is 2.96. The van der Waals surface area contributed by atoms with Crippen LogP contribution in [0.1, 0.15) is 31.2 Å². The highest BCUT2D eigenvalue weighted by atomic mass is 16.1. The molecule has 2 aliphatic rings. The first kappa shape index (κ1) is 13.6. The second-order valence-electron chi connectivity index (χ2n) is 6.38. The third-order valence-corrected chi connectivity index (χ3v) is 4.46. The Hall–Kier alpha value is -1.35. The average molecular weight is 272 g/mol. The summed E-state index contributed by atoms with van der Waals surface area (Å²) in [6, 6.07) is 7.92. The topological polar surface area (TPSA) is 41.1 Å². The molecule has 1 amide bonds. The van der Waals surface area contributed by atoms with E-state index in [1.165, 1.54) is 31.2 Å². The van der Waals surface area contributed by atoms with Crippen LogP contribution in [0.5, 0.6) is 0 Å². The maximum absolute atomic E-state index is 11.9. The number of rotatable bonds is 7. The summed E-state index contributed by atoms with van der Waals surface area (Å²) in [5.74, 6) is 2.76. The van der Waals surface area contributed by atoms with Crippen LogP contribution in [-0.4, -0.2) is 19.0 Å². The van der Waals surface area contributed by atoms with Gasteiger partial charge in [-0.1, -0.05) is 17.7 Å². The van der Waals surface area contributed by atoms with Crippen LogP contribution in [0.25, 0.3) is 0 Å². The lowest BCUT2D eigenvalue weighted by Gasteiger charge is -2.16. The summed E-state index contributed by atoms with van der Waals surface area (Å²) in [5, 5.41) is 6.28. The normalized spacial score (nSPS) is 18.3. The molecule has 0 saturated heterocycles. The number of anilines is 1. The van der Waals surface area contributed by atoms with Gasteiger partial charge >= 0.3 is 0 Å². The Morgan fingerprint density at radius 2 is 1.75 bits per heavy atom. The predicted octanol–water partition coefficient (Wildman–Crippen LogP) is 2.96. The van der Waals surface area contributed by atoms with E-state index in [1.54, 1.807) is 0 Å². The number of carbonyl (C=O) groups excluding carboxylic acids is 1. The van der Waals surface area contributed by atoms with Gasteiger partial charge in [-0.15, -0.1) is 0 Å². The lowest BCUT2D eigenvalue weighted by atomic mass is 9.98. The van der Waals surface area contributed by atoms with Crippen LogP contribution in [0.3, 0.4) is 0 Å². The van der Waals surface area contributed by atoms with Crippen molar-refractivity contribution in [2.24, 2.45) is 17.8 Å². The Kier molecular flexibility index (Phi) is 4.06. The number of nitrogens with one attached hydrogen (secondary N) is 2. The Morgan fingerprint density at radius 1 is 1.15 bits per heavy atom. The molecule has 1 aromatic rings. The van der Waals surface area contributed by atoms with Crippen molar-refractivity contribution in [3.63, 3.8) is 0 Å². The summed E-state index contributed by atoms with van der Waals surface area (Å²) in [4.78, 5) is 11.9. The summed E-state index contributed by atoms with van der Waals surface area (Å²) >= 11 is 0. The fourth-order valence-corrected chi connectivity index (χ4v) is 2.96. The maximum atomic E-state index is 11.9. The third-order valence-electron chi connectivity index (χ3n) is 4.46. The summed E-state index contributed by atoms with van der Waals surface area (Å²) in [6.07, 6.45) is 5.60. The molecule has 20 heavy (non-hydrogen) atoms. The summed E-state index contributed by atoms with van der Waals surface area (Å²) < 4.78 is 0. The molecule has 0 heterocycles.